The second kappa shape index (κ2) is 6.28. The van der Waals surface area contributed by atoms with Gasteiger partial charge in [0.05, 0.1) is 0 Å². The molecule has 0 spiro atoms. The predicted octanol–water partition coefficient (Wildman–Crippen LogP) is 3.01. The number of nitrogens with zero attached hydrogens (tertiary/aromatic N) is 1. The molecule has 20 heavy (non-hydrogen) atoms. The zero-order valence-electron chi connectivity index (χ0n) is 12.8. The average Bonchev–Trinajstić information content (AvgIpc) is 2.81. The zero-order chi connectivity index (χ0) is 13.8. The fraction of sp³-hybridized carbons (Fsp3) is 0.667. The van der Waals surface area contributed by atoms with Crippen LogP contribution >= 0.6 is 0 Å². The van der Waals surface area contributed by atoms with E-state index in [1.807, 2.05) is 0 Å². The van der Waals surface area contributed by atoms with Gasteiger partial charge in [-0.25, -0.2) is 0 Å². The lowest BCUT2D eigenvalue weighted by Gasteiger charge is -2.35. The molecule has 1 aromatic rings. The maximum Gasteiger partial charge on any atom is 0.0309 e. The summed E-state index contributed by atoms with van der Waals surface area (Å²) in [5.74, 6) is 0. The summed E-state index contributed by atoms with van der Waals surface area (Å²) < 4.78 is 0. The number of nitrogens with one attached hydrogen (secondary N) is 1. The van der Waals surface area contributed by atoms with Crippen LogP contribution in [0.2, 0.25) is 0 Å². The van der Waals surface area contributed by atoms with Crippen molar-refractivity contribution >= 4 is 0 Å². The second-order valence-corrected chi connectivity index (χ2v) is 6.61. The van der Waals surface area contributed by atoms with Crippen molar-refractivity contribution in [2.45, 2.75) is 51.0 Å². The third kappa shape index (κ3) is 3.07. The van der Waals surface area contributed by atoms with E-state index in [1.165, 1.54) is 64.7 Å². The van der Waals surface area contributed by atoms with E-state index in [-0.39, 0.29) is 0 Å². The minimum Gasteiger partial charge on any atom is -0.310 e. The topological polar surface area (TPSA) is 15.3 Å². The maximum atomic E-state index is 3.82. The highest BCUT2D eigenvalue weighted by atomic mass is 15.2. The molecule has 0 aromatic heterocycles. The molecule has 1 saturated heterocycles. The Hall–Kier alpha value is -0.860. The summed E-state index contributed by atoms with van der Waals surface area (Å²) in [4.78, 5) is 2.70. The zero-order valence-corrected chi connectivity index (χ0v) is 12.8. The predicted molar refractivity (Wildman–Crippen MR) is 85.2 cm³/mol. The third-order valence-corrected chi connectivity index (χ3v) is 5.10. The molecule has 2 heterocycles. The quantitative estimate of drug-likeness (QED) is 0.906. The van der Waals surface area contributed by atoms with Crippen LogP contribution in [-0.2, 0) is 12.8 Å². The van der Waals surface area contributed by atoms with Gasteiger partial charge < -0.3 is 10.2 Å². The molecule has 2 nitrogen and oxygen atoms in total. The monoisotopic (exact) mass is 272 g/mol. The van der Waals surface area contributed by atoms with Crippen LogP contribution in [0.4, 0.5) is 0 Å². The van der Waals surface area contributed by atoms with Crippen molar-refractivity contribution in [1.82, 2.24) is 10.2 Å². The number of hydrogen-bond donors (Lipinski definition) is 1. The van der Waals surface area contributed by atoms with Crippen molar-refractivity contribution in [1.29, 1.82) is 0 Å². The van der Waals surface area contributed by atoms with Crippen LogP contribution in [0.3, 0.4) is 0 Å². The Morgan fingerprint density at radius 2 is 1.85 bits per heavy atom. The number of hydrogen-bond acceptors (Lipinski definition) is 2. The summed E-state index contributed by atoms with van der Waals surface area (Å²) in [6.07, 6.45) is 7.78. The van der Waals surface area contributed by atoms with Gasteiger partial charge in [-0.15, -0.1) is 0 Å². The molecule has 2 aliphatic heterocycles. The molecule has 1 aromatic carbocycles. The Kier molecular flexibility index (Phi) is 4.42. The molecule has 0 saturated carbocycles. The molecule has 3 rings (SSSR count). The molecule has 1 unspecified atom stereocenters. The molecule has 1 N–H and O–H groups in total. The minimum absolute atomic E-state index is 0.408. The molecule has 0 radical (unpaired) electrons. The van der Waals surface area contributed by atoms with E-state index in [9.17, 15) is 0 Å². The van der Waals surface area contributed by atoms with E-state index in [1.54, 1.807) is 11.1 Å². The van der Waals surface area contributed by atoms with Gasteiger partial charge >= 0.3 is 0 Å². The van der Waals surface area contributed by atoms with Crippen LogP contribution in [0.15, 0.2) is 24.3 Å². The van der Waals surface area contributed by atoms with E-state index in [2.05, 4.69) is 41.4 Å². The van der Waals surface area contributed by atoms with E-state index in [4.69, 9.17) is 0 Å². The van der Waals surface area contributed by atoms with Gasteiger partial charge in [-0.2, -0.15) is 0 Å². The smallest absolute Gasteiger partial charge is 0.0309 e. The van der Waals surface area contributed by atoms with E-state index < -0.39 is 0 Å². The highest BCUT2D eigenvalue weighted by Gasteiger charge is 2.34. The van der Waals surface area contributed by atoms with Crippen LogP contribution in [0.5, 0.6) is 0 Å². The van der Waals surface area contributed by atoms with Crippen LogP contribution in [0, 0.1) is 0 Å². The lowest BCUT2D eigenvalue weighted by molar-refractivity contribution is 0.189. The van der Waals surface area contributed by atoms with E-state index >= 15 is 0 Å². The SMILES string of the molecule is CCCC1(CN2CCc3ccccc3CC2)CCCN1. The van der Waals surface area contributed by atoms with E-state index in [0.717, 1.165) is 0 Å². The second-order valence-electron chi connectivity index (χ2n) is 6.61. The van der Waals surface area contributed by atoms with Gasteiger partial charge in [0.2, 0.25) is 0 Å². The molecule has 0 amide bonds. The van der Waals surface area contributed by atoms with Crippen molar-refractivity contribution in [3.8, 4) is 0 Å². The largest absolute Gasteiger partial charge is 0.310 e. The maximum absolute atomic E-state index is 3.82. The fourth-order valence-electron chi connectivity index (χ4n) is 4.08. The first kappa shape index (κ1) is 14.1. The van der Waals surface area contributed by atoms with Crippen molar-refractivity contribution in [2.75, 3.05) is 26.2 Å². The normalized spacial score (nSPS) is 27.2. The van der Waals surface area contributed by atoms with Crippen LogP contribution < -0.4 is 5.32 Å². The van der Waals surface area contributed by atoms with Gasteiger partial charge in [0.25, 0.3) is 0 Å². The number of rotatable bonds is 4. The molecule has 2 heteroatoms. The van der Waals surface area contributed by atoms with Gasteiger partial charge in [0, 0.05) is 25.2 Å². The number of benzene rings is 1. The van der Waals surface area contributed by atoms with Crippen molar-refractivity contribution < 1.29 is 0 Å². The Morgan fingerprint density at radius 3 is 2.40 bits per heavy atom. The fourth-order valence-corrected chi connectivity index (χ4v) is 4.08. The molecular weight excluding hydrogens is 244 g/mol. The molecule has 0 bridgehead atoms. The summed E-state index contributed by atoms with van der Waals surface area (Å²) in [6.45, 7) is 7.23. The molecular formula is C18H28N2. The van der Waals surface area contributed by atoms with Crippen molar-refractivity contribution in [3.63, 3.8) is 0 Å². The Labute approximate surface area is 123 Å². The summed E-state index contributed by atoms with van der Waals surface area (Å²) >= 11 is 0. The molecule has 1 atom stereocenters. The summed E-state index contributed by atoms with van der Waals surface area (Å²) in [6, 6.07) is 9.00. The summed E-state index contributed by atoms with van der Waals surface area (Å²) in [7, 11) is 0. The first-order valence-corrected chi connectivity index (χ1v) is 8.35. The highest BCUT2D eigenvalue weighted by molar-refractivity contribution is 5.28. The summed E-state index contributed by atoms with van der Waals surface area (Å²) in [5.41, 5.74) is 3.54. The lowest BCUT2D eigenvalue weighted by Crippen LogP contribution is -2.50. The van der Waals surface area contributed by atoms with Gasteiger partial charge in [-0.3, -0.25) is 0 Å². The molecule has 1 fully saturated rings. The first-order chi connectivity index (χ1) is 9.81. The van der Waals surface area contributed by atoms with Gasteiger partial charge in [0.1, 0.15) is 0 Å². The Bertz CT molecular complexity index is 408. The van der Waals surface area contributed by atoms with Gasteiger partial charge in [-0.05, 0) is 49.8 Å². The molecule has 0 aliphatic carbocycles. The van der Waals surface area contributed by atoms with Gasteiger partial charge in [-0.1, -0.05) is 37.6 Å². The van der Waals surface area contributed by atoms with Gasteiger partial charge in [0.15, 0.2) is 0 Å². The molecule has 110 valence electrons. The lowest BCUT2D eigenvalue weighted by atomic mass is 9.91. The minimum atomic E-state index is 0.408. The summed E-state index contributed by atoms with van der Waals surface area (Å²) in [5, 5.41) is 3.82. The Morgan fingerprint density at radius 1 is 1.15 bits per heavy atom. The van der Waals surface area contributed by atoms with Crippen LogP contribution in [-0.4, -0.2) is 36.6 Å². The highest BCUT2D eigenvalue weighted by Crippen LogP contribution is 2.27. The van der Waals surface area contributed by atoms with E-state index in [0.29, 0.717) is 5.54 Å². The standard InChI is InChI=1S/C18H28N2/c1-2-10-18(11-5-12-19-18)15-20-13-8-16-6-3-4-7-17(16)9-14-20/h3-4,6-7,19H,2,5,8-15H2,1H3. The first-order valence-electron chi connectivity index (χ1n) is 8.35. The molecule has 2 aliphatic rings. The third-order valence-electron chi connectivity index (χ3n) is 5.10. The van der Waals surface area contributed by atoms with Crippen molar-refractivity contribution in [2.24, 2.45) is 0 Å². The van der Waals surface area contributed by atoms with Crippen LogP contribution in [0.1, 0.15) is 43.7 Å². The van der Waals surface area contributed by atoms with Crippen LogP contribution in [0.25, 0.3) is 0 Å². The van der Waals surface area contributed by atoms with Crippen molar-refractivity contribution in [3.05, 3.63) is 35.4 Å². The Balaban J connectivity index is 1.64. The number of fused-ring (bicyclic) bond motifs is 1. The average molecular weight is 272 g/mol.